The molecule has 1 rings (SSSR count). The second kappa shape index (κ2) is 7.64. The number of hydrogen-bond donors (Lipinski definition) is 3. The quantitative estimate of drug-likeness (QED) is 0.668. The lowest BCUT2D eigenvalue weighted by Crippen LogP contribution is -2.33. The monoisotopic (exact) mass is 280 g/mol. The van der Waals surface area contributed by atoms with Crippen LogP contribution in [-0.2, 0) is 0 Å². The number of carbonyl (C=O) groups is 1. The van der Waals surface area contributed by atoms with E-state index in [0.717, 1.165) is 25.8 Å². The zero-order valence-corrected chi connectivity index (χ0v) is 12.1. The number of amides is 1. The van der Waals surface area contributed by atoms with Crippen LogP contribution in [0.2, 0.25) is 0 Å². The second-order valence-corrected chi connectivity index (χ2v) is 5.14. The SMILES string of the molecule is C#CC(CCC)NC(=O)c1sc(NCCC)nc1N. The number of anilines is 2. The number of rotatable bonds is 7. The van der Waals surface area contributed by atoms with Crippen LogP contribution in [0.1, 0.15) is 42.8 Å². The lowest BCUT2D eigenvalue weighted by Gasteiger charge is -2.10. The van der Waals surface area contributed by atoms with Crippen molar-refractivity contribution in [1.82, 2.24) is 10.3 Å². The van der Waals surface area contributed by atoms with Gasteiger partial charge in [0.05, 0.1) is 6.04 Å². The molecule has 0 aliphatic carbocycles. The van der Waals surface area contributed by atoms with Crippen LogP contribution in [0.5, 0.6) is 0 Å². The summed E-state index contributed by atoms with van der Waals surface area (Å²) in [5.41, 5.74) is 5.75. The molecule has 0 aromatic carbocycles. The minimum absolute atomic E-state index is 0.244. The Morgan fingerprint density at radius 3 is 2.84 bits per heavy atom. The fourth-order valence-corrected chi connectivity index (χ4v) is 2.33. The number of carbonyl (C=O) groups excluding carboxylic acids is 1. The molecule has 19 heavy (non-hydrogen) atoms. The number of nitrogens with one attached hydrogen (secondary N) is 2. The molecule has 0 fully saturated rings. The molecule has 0 radical (unpaired) electrons. The lowest BCUT2D eigenvalue weighted by atomic mass is 10.2. The summed E-state index contributed by atoms with van der Waals surface area (Å²) < 4.78 is 0. The summed E-state index contributed by atoms with van der Waals surface area (Å²) in [6, 6.07) is -0.258. The number of thiazole rings is 1. The first-order valence-corrected chi connectivity index (χ1v) is 7.21. The molecule has 1 amide bonds. The Bertz CT molecular complexity index is 464. The highest BCUT2D eigenvalue weighted by Gasteiger charge is 2.18. The first-order chi connectivity index (χ1) is 9.12. The Balaban J connectivity index is 2.71. The minimum Gasteiger partial charge on any atom is -0.382 e. The largest absolute Gasteiger partial charge is 0.382 e. The molecule has 104 valence electrons. The molecule has 4 N–H and O–H groups in total. The van der Waals surface area contributed by atoms with Gasteiger partial charge in [-0.15, -0.1) is 6.42 Å². The van der Waals surface area contributed by atoms with Crippen LogP contribution < -0.4 is 16.4 Å². The van der Waals surface area contributed by atoms with Gasteiger partial charge in [-0.05, 0) is 12.8 Å². The topological polar surface area (TPSA) is 80.0 Å². The first kappa shape index (κ1) is 15.3. The van der Waals surface area contributed by atoms with E-state index in [4.69, 9.17) is 12.2 Å². The summed E-state index contributed by atoms with van der Waals surface area (Å²) in [7, 11) is 0. The molecule has 0 aliphatic rings. The van der Waals surface area contributed by atoms with E-state index in [0.29, 0.717) is 10.0 Å². The second-order valence-electron chi connectivity index (χ2n) is 4.14. The summed E-state index contributed by atoms with van der Waals surface area (Å²) in [6.07, 6.45) is 8.02. The van der Waals surface area contributed by atoms with E-state index in [-0.39, 0.29) is 17.8 Å². The molecule has 1 aromatic rings. The van der Waals surface area contributed by atoms with Crippen LogP contribution in [0.3, 0.4) is 0 Å². The minimum atomic E-state index is -0.258. The molecule has 1 aromatic heterocycles. The van der Waals surface area contributed by atoms with E-state index >= 15 is 0 Å². The number of nitrogen functional groups attached to an aromatic ring is 1. The molecule has 5 nitrogen and oxygen atoms in total. The van der Waals surface area contributed by atoms with Gasteiger partial charge in [0.25, 0.3) is 5.91 Å². The average Bonchev–Trinajstić information content (AvgIpc) is 2.77. The van der Waals surface area contributed by atoms with Gasteiger partial charge in [0.2, 0.25) is 0 Å². The third kappa shape index (κ3) is 4.45. The lowest BCUT2D eigenvalue weighted by molar-refractivity contribution is 0.0949. The van der Waals surface area contributed by atoms with E-state index in [9.17, 15) is 4.79 Å². The zero-order valence-electron chi connectivity index (χ0n) is 11.3. The number of terminal acetylenes is 1. The van der Waals surface area contributed by atoms with E-state index in [1.165, 1.54) is 11.3 Å². The Kier molecular flexibility index (Phi) is 6.16. The first-order valence-electron chi connectivity index (χ1n) is 6.39. The number of aromatic nitrogens is 1. The van der Waals surface area contributed by atoms with Gasteiger partial charge in [-0.2, -0.15) is 0 Å². The third-order valence-electron chi connectivity index (χ3n) is 2.47. The number of nitrogens with zero attached hydrogens (tertiary/aromatic N) is 1. The Labute approximate surface area is 118 Å². The highest BCUT2D eigenvalue weighted by atomic mass is 32.1. The van der Waals surface area contributed by atoms with Crippen LogP contribution in [0, 0.1) is 12.3 Å². The molecule has 0 saturated carbocycles. The van der Waals surface area contributed by atoms with Gasteiger partial charge in [-0.25, -0.2) is 4.98 Å². The van der Waals surface area contributed by atoms with Crippen LogP contribution >= 0.6 is 11.3 Å². The maximum atomic E-state index is 12.1. The Morgan fingerprint density at radius 1 is 1.53 bits per heavy atom. The molecule has 0 aliphatic heterocycles. The number of hydrogen-bond acceptors (Lipinski definition) is 5. The van der Waals surface area contributed by atoms with Crippen LogP contribution in [0.25, 0.3) is 0 Å². The van der Waals surface area contributed by atoms with Gasteiger partial charge in [-0.1, -0.05) is 37.5 Å². The van der Waals surface area contributed by atoms with Crippen molar-refractivity contribution >= 4 is 28.2 Å². The van der Waals surface area contributed by atoms with E-state index in [1.54, 1.807) is 0 Å². The fourth-order valence-electron chi connectivity index (χ4n) is 1.51. The highest BCUT2D eigenvalue weighted by Crippen LogP contribution is 2.24. The maximum absolute atomic E-state index is 12.1. The van der Waals surface area contributed by atoms with Gasteiger partial charge < -0.3 is 16.4 Å². The van der Waals surface area contributed by atoms with Crippen molar-refractivity contribution in [3.8, 4) is 12.3 Å². The summed E-state index contributed by atoms with van der Waals surface area (Å²) in [5, 5.41) is 6.56. The van der Waals surface area contributed by atoms with E-state index in [1.807, 2.05) is 6.92 Å². The molecule has 1 unspecified atom stereocenters. The third-order valence-corrected chi connectivity index (χ3v) is 3.50. The van der Waals surface area contributed by atoms with Crippen molar-refractivity contribution in [1.29, 1.82) is 0 Å². The molecule has 6 heteroatoms. The van der Waals surface area contributed by atoms with Crippen LogP contribution in [0.15, 0.2) is 0 Å². The molecule has 0 saturated heterocycles. The fraction of sp³-hybridized carbons (Fsp3) is 0.538. The zero-order chi connectivity index (χ0) is 14.3. The van der Waals surface area contributed by atoms with Gasteiger partial charge in [0, 0.05) is 6.54 Å². The Morgan fingerprint density at radius 2 is 2.26 bits per heavy atom. The van der Waals surface area contributed by atoms with Crippen molar-refractivity contribution < 1.29 is 4.79 Å². The van der Waals surface area contributed by atoms with Crippen molar-refractivity contribution in [2.24, 2.45) is 0 Å². The van der Waals surface area contributed by atoms with Gasteiger partial charge >= 0.3 is 0 Å². The van der Waals surface area contributed by atoms with Gasteiger partial charge in [-0.3, -0.25) is 4.79 Å². The summed E-state index contributed by atoms with van der Waals surface area (Å²) >= 11 is 1.25. The van der Waals surface area contributed by atoms with Crippen molar-refractivity contribution in [2.75, 3.05) is 17.6 Å². The molecule has 1 heterocycles. The van der Waals surface area contributed by atoms with E-state index in [2.05, 4.69) is 28.5 Å². The Hall–Kier alpha value is -1.74. The van der Waals surface area contributed by atoms with Gasteiger partial charge in [0.15, 0.2) is 5.13 Å². The smallest absolute Gasteiger partial charge is 0.266 e. The summed E-state index contributed by atoms with van der Waals surface area (Å²) in [6.45, 7) is 4.88. The summed E-state index contributed by atoms with van der Waals surface area (Å²) in [5.74, 6) is 2.55. The number of nitrogens with two attached hydrogens (primary N) is 1. The van der Waals surface area contributed by atoms with Crippen LogP contribution in [-0.4, -0.2) is 23.5 Å². The molecule has 0 bridgehead atoms. The van der Waals surface area contributed by atoms with E-state index < -0.39 is 0 Å². The molecule has 0 spiro atoms. The van der Waals surface area contributed by atoms with Crippen molar-refractivity contribution in [2.45, 2.75) is 39.2 Å². The van der Waals surface area contributed by atoms with Crippen molar-refractivity contribution in [3.05, 3.63) is 4.88 Å². The molecular weight excluding hydrogens is 260 g/mol. The van der Waals surface area contributed by atoms with Crippen LogP contribution in [0.4, 0.5) is 10.9 Å². The van der Waals surface area contributed by atoms with Gasteiger partial charge in [0.1, 0.15) is 10.7 Å². The average molecular weight is 280 g/mol. The predicted octanol–water partition coefficient (Wildman–Crippen LogP) is 2.08. The van der Waals surface area contributed by atoms with Crippen molar-refractivity contribution in [3.63, 3.8) is 0 Å². The predicted molar refractivity (Wildman–Crippen MR) is 80.3 cm³/mol. The standard InChI is InChI=1S/C13H20N4OS/c1-4-7-9(6-3)16-12(18)10-11(14)17-13(19-10)15-8-5-2/h3,9H,4-5,7-8,14H2,1-2H3,(H,15,17)(H,16,18). The summed E-state index contributed by atoms with van der Waals surface area (Å²) in [4.78, 5) is 16.6. The maximum Gasteiger partial charge on any atom is 0.266 e. The normalized spacial score (nSPS) is 11.6. The highest BCUT2D eigenvalue weighted by molar-refractivity contribution is 7.18. The molecular formula is C13H20N4OS. The molecule has 1 atom stereocenters.